The van der Waals surface area contributed by atoms with E-state index >= 15 is 0 Å². The first-order valence-electron chi connectivity index (χ1n) is 4.41. The van der Waals surface area contributed by atoms with Crippen LogP contribution in [0.1, 0.15) is 0 Å². The van der Waals surface area contributed by atoms with E-state index < -0.39 is 0 Å². The zero-order valence-electron chi connectivity index (χ0n) is 8.68. The Kier molecular flexibility index (Phi) is 5.70. The summed E-state index contributed by atoms with van der Waals surface area (Å²) in [5.74, 6) is 0. The lowest BCUT2D eigenvalue weighted by Gasteiger charge is -2.06. The van der Waals surface area contributed by atoms with Gasteiger partial charge in [0.05, 0.1) is 28.2 Å². The maximum Gasteiger partial charge on any atom is 0.127 e. The van der Waals surface area contributed by atoms with Crippen molar-refractivity contribution < 1.29 is 10.4 Å². The fourth-order valence-electron chi connectivity index (χ4n) is 0.979. The molecule has 0 spiro atoms. The van der Waals surface area contributed by atoms with E-state index in [1.165, 1.54) is 12.1 Å². The summed E-state index contributed by atoms with van der Waals surface area (Å²) in [5.41, 5.74) is 2.90. The molecule has 0 aliphatic heterocycles. The second-order valence-corrected chi connectivity index (χ2v) is 4.13. The molecule has 18 heavy (non-hydrogen) atoms. The number of hydrogen-bond donors (Lipinski definition) is 3. The molecule has 0 heterocycles. The SMILES string of the molecule is O/N=C\C(/C=N\O)=NNc1c(Cl)cc(Cl)cc1Cl. The lowest BCUT2D eigenvalue weighted by Crippen LogP contribution is -2.06. The highest BCUT2D eigenvalue weighted by molar-refractivity contribution is 6.55. The smallest absolute Gasteiger partial charge is 0.127 e. The first-order chi connectivity index (χ1) is 8.58. The molecule has 0 saturated carbocycles. The van der Waals surface area contributed by atoms with Gasteiger partial charge >= 0.3 is 0 Å². The third-order valence-electron chi connectivity index (χ3n) is 1.68. The quantitative estimate of drug-likeness (QED) is 0.452. The van der Waals surface area contributed by atoms with Gasteiger partial charge < -0.3 is 10.4 Å². The van der Waals surface area contributed by atoms with Crippen LogP contribution in [-0.4, -0.2) is 28.6 Å². The zero-order chi connectivity index (χ0) is 13.5. The summed E-state index contributed by atoms with van der Waals surface area (Å²) in [4.78, 5) is 0. The molecule has 6 nitrogen and oxygen atoms in total. The fourth-order valence-corrected chi connectivity index (χ4v) is 1.88. The van der Waals surface area contributed by atoms with Crippen LogP contribution in [0.5, 0.6) is 0 Å². The molecule has 0 unspecified atom stereocenters. The molecule has 0 radical (unpaired) electrons. The molecule has 0 aliphatic carbocycles. The molecule has 0 aliphatic rings. The van der Waals surface area contributed by atoms with Crippen molar-refractivity contribution in [3.05, 3.63) is 27.2 Å². The van der Waals surface area contributed by atoms with Gasteiger partial charge in [-0.25, -0.2) is 0 Å². The van der Waals surface area contributed by atoms with Crippen molar-refractivity contribution in [2.24, 2.45) is 15.4 Å². The van der Waals surface area contributed by atoms with Gasteiger partial charge in [-0.2, -0.15) is 5.10 Å². The Balaban J connectivity index is 3.01. The first-order valence-corrected chi connectivity index (χ1v) is 5.55. The highest BCUT2D eigenvalue weighted by Gasteiger charge is 2.07. The van der Waals surface area contributed by atoms with Crippen molar-refractivity contribution in [3.63, 3.8) is 0 Å². The number of oxime groups is 2. The van der Waals surface area contributed by atoms with Crippen LogP contribution in [0, 0.1) is 0 Å². The fraction of sp³-hybridized carbons (Fsp3) is 0. The van der Waals surface area contributed by atoms with E-state index in [2.05, 4.69) is 20.8 Å². The van der Waals surface area contributed by atoms with E-state index in [1.54, 1.807) is 0 Å². The number of nitrogens with one attached hydrogen (secondary N) is 1. The molecule has 0 amide bonds. The number of benzene rings is 1. The summed E-state index contributed by atoms with van der Waals surface area (Å²) < 4.78 is 0. The van der Waals surface area contributed by atoms with Crippen LogP contribution in [0.2, 0.25) is 15.1 Å². The van der Waals surface area contributed by atoms with Crippen LogP contribution < -0.4 is 5.43 Å². The van der Waals surface area contributed by atoms with Crippen LogP contribution >= 0.6 is 34.8 Å². The largest absolute Gasteiger partial charge is 0.411 e. The summed E-state index contributed by atoms with van der Waals surface area (Å²) in [7, 11) is 0. The van der Waals surface area contributed by atoms with Gasteiger partial charge in [-0.3, -0.25) is 5.43 Å². The molecule has 96 valence electrons. The third-order valence-corrected chi connectivity index (χ3v) is 2.50. The summed E-state index contributed by atoms with van der Waals surface area (Å²) >= 11 is 17.6. The number of nitrogens with zero attached hydrogens (tertiary/aromatic N) is 3. The molecule has 0 fully saturated rings. The van der Waals surface area contributed by atoms with Gasteiger partial charge in [-0.15, -0.1) is 0 Å². The van der Waals surface area contributed by atoms with Crippen LogP contribution in [0.15, 0.2) is 27.5 Å². The highest BCUT2D eigenvalue weighted by atomic mass is 35.5. The van der Waals surface area contributed by atoms with Crippen LogP contribution in [0.25, 0.3) is 0 Å². The number of rotatable bonds is 4. The average molecular weight is 310 g/mol. The van der Waals surface area contributed by atoms with Gasteiger partial charge in [-0.05, 0) is 12.1 Å². The Bertz CT molecular complexity index is 480. The number of hydrazone groups is 1. The van der Waals surface area contributed by atoms with Crippen LogP contribution in [-0.2, 0) is 0 Å². The highest BCUT2D eigenvalue weighted by Crippen LogP contribution is 2.33. The van der Waals surface area contributed by atoms with Crippen molar-refractivity contribution in [2.75, 3.05) is 5.43 Å². The van der Waals surface area contributed by atoms with E-state index in [-0.39, 0.29) is 15.8 Å². The second-order valence-electron chi connectivity index (χ2n) is 2.88. The van der Waals surface area contributed by atoms with Gasteiger partial charge in [-0.1, -0.05) is 45.1 Å². The summed E-state index contributed by atoms with van der Waals surface area (Å²) in [6.45, 7) is 0. The molecule has 1 aromatic rings. The van der Waals surface area contributed by atoms with Crippen molar-refractivity contribution >= 4 is 58.6 Å². The molecule has 0 bridgehead atoms. The topological polar surface area (TPSA) is 89.6 Å². The average Bonchev–Trinajstić information content (AvgIpc) is 2.28. The van der Waals surface area contributed by atoms with Crippen LogP contribution in [0.3, 0.4) is 0 Å². The Labute approximate surface area is 117 Å². The predicted molar refractivity (Wildman–Crippen MR) is 73.1 cm³/mol. The summed E-state index contributed by atoms with van der Waals surface area (Å²) in [6, 6.07) is 2.96. The van der Waals surface area contributed by atoms with Gasteiger partial charge in [0, 0.05) is 5.02 Å². The van der Waals surface area contributed by atoms with E-state index in [0.717, 1.165) is 12.4 Å². The Morgan fingerprint density at radius 2 is 1.56 bits per heavy atom. The Hall–Kier alpha value is -1.50. The number of halogens is 3. The van der Waals surface area contributed by atoms with Crippen molar-refractivity contribution in [1.82, 2.24) is 0 Å². The maximum atomic E-state index is 8.35. The molecule has 0 saturated heterocycles. The minimum Gasteiger partial charge on any atom is -0.411 e. The number of hydrogen-bond acceptors (Lipinski definition) is 6. The zero-order valence-corrected chi connectivity index (χ0v) is 10.9. The third kappa shape index (κ3) is 4.06. The molecule has 0 atom stereocenters. The van der Waals surface area contributed by atoms with Gasteiger partial charge in [0.1, 0.15) is 5.71 Å². The molecule has 1 aromatic carbocycles. The van der Waals surface area contributed by atoms with E-state index in [4.69, 9.17) is 45.2 Å². The van der Waals surface area contributed by atoms with Gasteiger partial charge in [0.25, 0.3) is 0 Å². The second kappa shape index (κ2) is 7.05. The maximum absolute atomic E-state index is 8.35. The molecular formula is C9H7Cl3N4O2. The summed E-state index contributed by atoms with van der Waals surface area (Å²) in [5, 5.41) is 26.9. The van der Waals surface area contributed by atoms with Crippen molar-refractivity contribution in [2.45, 2.75) is 0 Å². The van der Waals surface area contributed by atoms with Crippen molar-refractivity contribution in [1.29, 1.82) is 0 Å². The van der Waals surface area contributed by atoms with E-state index in [0.29, 0.717) is 10.7 Å². The van der Waals surface area contributed by atoms with Crippen LogP contribution in [0.4, 0.5) is 5.69 Å². The molecule has 1 rings (SSSR count). The lowest BCUT2D eigenvalue weighted by molar-refractivity contribution is 0.321. The van der Waals surface area contributed by atoms with Gasteiger partial charge in [0.2, 0.25) is 0 Å². The molecule has 0 aromatic heterocycles. The van der Waals surface area contributed by atoms with Crippen molar-refractivity contribution in [3.8, 4) is 0 Å². The molecule has 3 N–H and O–H groups in total. The Morgan fingerprint density at radius 3 is 2.00 bits per heavy atom. The molecule has 9 heteroatoms. The van der Waals surface area contributed by atoms with E-state index in [1.807, 2.05) is 0 Å². The monoisotopic (exact) mass is 308 g/mol. The Morgan fingerprint density at radius 1 is 1.06 bits per heavy atom. The molecular weight excluding hydrogens is 302 g/mol. The predicted octanol–water partition coefficient (Wildman–Crippen LogP) is 3.33. The lowest BCUT2D eigenvalue weighted by atomic mass is 10.3. The summed E-state index contributed by atoms with van der Waals surface area (Å²) in [6.07, 6.45) is 1.90. The number of anilines is 1. The standard InChI is InChI=1S/C9H7Cl3N4O2/c10-5-1-7(11)9(8(12)2-5)16-15-6(3-13-17)4-14-18/h1-4,16-18H/b13-3-,14-4-. The minimum atomic E-state index is 0.0436. The van der Waals surface area contributed by atoms with Gasteiger partial charge in [0.15, 0.2) is 0 Å². The minimum absolute atomic E-state index is 0.0436. The first kappa shape index (κ1) is 14.6. The van der Waals surface area contributed by atoms with E-state index in [9.17, 15) is 0 Å². The normalized spacial score (nSPS) is 11.1.